The minimum atomic E-state index is -4.60. The first-order chi connectivity index (χ1) is 11.8. The van der Waals surface area contributed by atoms with Crippen LogP contribution in [0, 0.1) is 5.92 Å². The highest BCUT2D eigenvalue weighted by Gasteiger charge is 2.35. The number of alkyl halides is 3. The molecule has 2 amide bonds. The molecule has 1 heterocycles. The zero-order valence-electron chi connectivity index (χ0n) is 14.0. The van der Waals surface area contributed by atoms with E-state index in [1.165, 1.54) is 11.0 Å². The van der Waals surface area contributed by atoms with Crippen LogP contribution in [0.4, 0.5) is 18.9 Å². The van der Waals surface area contributed by atoms with Gasteiger partial charge >= 0.3 is 6.18 Å². The fourth-order valence-corrected chi connectivity index (χ4v) is 3.10. The number of nitrogens with one attached hydrogen (secondary N) is 1. The van der Waals surface area contributed by atoms with E-state index in [0.29, 0.717) is 25.3 Å². The molecule has 9 heteroatoms. The molecule has 2 aliphatic rings. The summed E-state index contributed by atoms with van der Waals surface area (Å²) in [4.78, 5) is 25.6. The second-order valence-corrected chi connectivity index (χ2v) is 6.57. The summed E-state index contributed by atoms with van der Waals surface area (Å²) in [6.07, 6.45) is -1.80. The van der Waals surface area contributed by atoms with E-state index in [0.717, 1.165) is 25.0 Å². The highest BCUT2D eigenvalue weighted by molar-refractivity contribution is 5.99. The minimum Gasteiger partial charge on any atom is -0.348 e. The van der Waals surface area contributed by atoms with Gasteiger partial charge in [-0.2, -0.15) is 13.2 Å². The standard InChI is InChI=1S/C17H20F3N3O2.ClH/c18-17(19,20)12-6-11(16(25)22-14(9-21)10-3-4-10)7-13(8-12)23-5-1-2-15(23)24;/h6-8,10,14H,1-5,9,21H2,(H,22,25);1H. The number of nitrogens with zero attached hydrogens (tertiary/aromatic N) is 1. The third-order valence-corrected chi connectivity index (χ3v) is 4.65. The van der Waals surface area contributed by atoms with Crippen molar-refractivity contribution in [2.24, 2.45) is 11.7 Å². The number of hydrogen-bond acceptors (Lipinski definition) is 3. The van der Waals surface area contributed by atoms with E-state index < -0.39 is 17.6 Å². The van der Waals surface area contributed by atoms with Crippen LogP contribution in [0.2, 0.25) is 0 Å². The van der Waals surface area contributed by atoms with Crippen molar-refractivity contribution in [3.05, 3.63) is 29.3 Å². The summed E-state index contributed by atoms with van der Waals surface area (Å²) < 4.78 is 39.6. The van der Waals surface area contributed by atoms with Gasteiger partial charge in [0, 0.05) is 36.8 Å². The third kappa shape index (κ3) is 4.48. The van der Waals surface area contributed by atoms with Gasteiger partial charge in [0.15, 0.2) is 0 Å². The molecule has 0 spiro atoms. The lowest BCUT2D eigenvalue weighted by atomic mass is 10.1. The minimum absolute atomic E-state index is 0. The second kappa shape index (κ2) is 7.84. The maximum absolute atomic E-state index is 13.2. The number of benzene rings is 1. The number of nitrogens with two attached hydrogens (primary N) is 1. The smallest absolute Gasteiger partial charge is 0.348 e. The molecule has 5 nitrogen and oxygen atoms in total. The number of amides is 2. The third-order valence-electron chi connectivity index (χ3n) is 4.65. The first-order valence-electron chi connectivity index (χ1n) is 8.33. The molecule has 2 fully saturated rings. The molecular formula is C17H21ClF3N3O2. The van der Waals surface area contributed by atoms with Crippen molar-refractivity contribution in [1.29, 1.82) is 0 Å². The molecule has 26 heavy (non-hydrogen) atoms. The molecule has 1 unspecified atom stereocenters. The fourth-order valence-electron chi connectivity index (χ4n) is 3.10. The molecular weight excluding hydrogens is 371 g/mol. The zero-order chi connectivity index (χ0) is 18.2. The summed E-state index contributed by atoms with van der Waals surface area (Å²) in [5, 5.41) is 2.72. The number of carbonyl (C=O) groups is 2. The fraction of sp³-hybridized carbons (Fsp3) is 0.529. The van der Waals surface area contributed by atoms with E-state index in [1.807, 2.05) is 0 Å². The van der Waals surface area contributed by atoms with Crippen LogP contribution >= 0.6 is 12.4 Å². The lowest BCUT2D eigenvalue weighted by Gasteiger charge is -2.20. The zero-order valence-corrected chi connectivity index (χ0v) is 14.8. The number of halogens is 4. The first kappa shape index (κ1) is 20.5. The predicted molar refractivity (Wildman–Crippen MR) is 93.3 cm³/mol. The van der Waals surface area contributed by atoms with Crippen molar-refractivity contribution in [3.63, 3.8) is 0 Å². The Morgan fingerprint density at radius 3 is 2.50 bits per heavy atom. The van der Waals surface area contributed by atoms with Crippen LogP contribution in [0.3, 0.4) is 0 Å². The molecule has 144 valence electrons. The Morgan fingerprint density at radius 2 is 2.00 bits per heavy atom. The van der Waals surface area contributed by atoms with Crippen molar-refractivity contribution in [1.82, 2.24) is 5.32 Å². The van der Waals surface area contributed by atoms with Gasteiger partial charge in [0.05, 0.1) is 5.56 Å². The van der Waals surface area contributed by atoms with E-state index in [1.54, 1.807) is 0 Å². The summed E-state index contributed by atoms with van der Waals surface area (Å²) in [6, 6.07) is 2.84. The quantitative estimate of drug-likeness (QED) is 0.810. The van der Waals surface area contributed by atoms with Gasteiger partial charge in [-0.15, -0.1) is 12.4 Å². The lowest BCUT2D eigenvalue weighted by molar-refractivity contribution is -0.137. The Labute approximate surface area is 155 Å². The van der Waals surface area contributed by atoms with Gasteiger partial charge in [0.2, 0.25) is 5.91 Å². The molecule has 3 N–H and O–H groups in total. The summed E-state index contributed by atoms with van der Waals surface area (Å²) in [5.41, 5.74) is 4.70. The van der Waals surface area contributed by atoms with Crippen molar-refractivity contribution in [2.45, 2.75) is 37.9 Å². The van der Waals surface area contributed by atoms with Gasteiger partial charge in [-0.3, -0.25) is 9.59 Å². The Balaban J connectivity index is 0.00000243. The number of hydrogen-bond donors (Lipinski definition) is 2. The average molecular weight is 392 g/mol. The highest BCUT2D eigenvalue weighted by atomic mass is 35.5. The topological polar surface area (TPSA) is 75.4 Å². The number of carbonyl (C=O) groups excluding carboxylic acids is 2. The van der Waals surface area contributed by atoms with Crippen LogP contribution < -0.4 is 16.0 Å². The molecule has 1 saturated heterocycles. The average Bonchev–Trinajstić information content (AvgIpc) is 3.32. The molecule has 0 bridgehead atoms. The Hall–Kier alpha value is -1.80. The van der Waals surface area contributed by atoms with Gasteiger partial charge in [-0.05, 0) is 43.4 Å². The van der Waals surface area contributed by atoms with Crippen molar-refractivity contribution < 1.29 is 22.8 Å². The van der Waals surface area contributed by atoms with Crippen molar-refractivity contribution in [3.8, 4) is 0 Å². The van der Waals surface area contributed by atoms with E-state index in [2.05, 4.69) is 5.32 Å². The highest BCUT2D eigenvalue weighted by Crippen LogP contribution is 2.35. The van der Waals surface area contributed by atoms with Crippen LogP contribution in [0.15, 0.2) is 18.2 Å². The summed E-state index contributed by atoms with van der Waals surface area (Å²) >= 11 is 0. The van der Waals surface area contributed by atoms with Crippen molar-refractivity contribution >= 4 is 29.9 Å². The van der Waals surface area contributed by atoms with E-state index in [4.69, 9.17) is 5.73 Å². The maximum atomic E-state index is 13.2. The Bertz CT molecular complexity index is 692. The molecule has 1 aromatic rings. The van der Waals surface area contributed by atoms with Crippen LogP contribution in [-0.4, -0.2) is 30.9 Å². The molecule has 1 saturated carbocycles. The van der Waals surface area contributed by atoms with Gasteiger partial charge in [-0.25, -0.2) is 0 Å². The summed E-state index contributed by atoms with van der Waals surface area (Å²) in [7, 11) is 0. The first-order valence-corrected chi connectivity index (χ1v) is 8.33. The normalized spacial score (nSPS) is 18.5. The van der Waals surface area contributed by atoms with Crippen LogP contribution in [0.5, 0.6) is 0 Å². The Kier molecular flexibility index (Phi) is 6.18. The molecule has 3 rings (SSSR count). The predicted octanol–water partition coefficient (Wildman–Crippen LogP) is 2.72. The van der Waals surface area contributed by atoms with E-state index in [9.17, 15) is 22.8 Å². The molecule has 1 aliphatic carbocycles. The van der Waals surface area contributed by atoms with Gasteiger partial charge in [0.25, 0.3) is 5.91 Å². The van der Waals surface area contributed by atoms with Crippen molar-refractivity contribution in [2.75, 3.05) is 18.0 Å². The summed E-state index contributed by atoms with van der Waals surface area (Å²) in [5.74, 6) is -0.538. The Morgan fingerprint density at radius 1 is 1.31 bits per heavy atom. The monoisotopic (exact) mass is 391 g/mol. The lowest BCUT2D eigenvalue weighted by Crippen LogP contribution is -2.41. The largest absolute Gasteiger partial charge is 0.416 e. The molecule has 1 atom stereocenters. The number of anilines is 1. The van der Waals surface area contributed by atoms with E-state index >= 15 is 0 Å². The number of rotatable bonds is 5. The SMILES string of the molecule is Cl.NCC(NC(=O)c1cc(N2CCCC2=O)cc(C(F)(F)F)c1)C1CC1. The van der Waals surface area contributed by atoms with E-state index in [-0.39, 0.29) is 42.2 Å². The van der Waals surface area contributed by atoms with Gasteiger partial charge < -0.3 is 16.0 Å². The van der Waals surface area contributed by atoms with Gasteiger partial charge in [-0.1, -0.05) is 0 Å². The van der Waals surface area contributed by atoms with Gasteiger partial charge in [0.1, 0.15) is 0 Å². The molecule has 1 aromatic carbocycles. The maximum Gasteiger partial charge on any atom is 0.416 e. The summed E-state index contributed by atoms with van der Waals surface area (Å²) in [6.45, 7) is 0.599. The molecule has 0 radical (unpaired) electrons. The van der Waals surface area contributed by atoms with Crippen LogP contribution in [0.25, 0.3) is 0 Å². The van der Waals surface area contributed by atoms with Crippen LogP contribution in [0.1, 0.15) is 41.6 Å². The molecule has 1 aliphatic heterocycles. The molecule has 0 aromatic heterocycles. The second-order valence-electron chi connectivity index (χ2n) is 6.57. The van der Waals surface area contributed by atoms with Crippen LogP contribution in [-0.2, 0) is 11.0 Å².